The molecule has 1 amide bonds. The van der Waals surface area contributed by atoms with Crippen molar-refractivity contribution in [3.05, 3.63) is 17.5 Å². The Morgan fingerprint density at radius 1 is 1.43 bits per heavy atom. The summed E-state index contributed by atoms with van der Waals surface area (Å²) in [5, 5.41) is 16.6. The minimum Gasteiger partial charge on any atom is -0.394 e. The summed E-state index contributed by atoms with van der Waals surface area (Å²) in [6.07, 6.45) is 7.67. The van der Waals surface area contributed by atoms with Gasteiger partial charge in [0.25, 0.3) is 0 Å². The van der Waals surface area contributed by atoms with E-state index in [0.29, 0.717) is 6.54 Å². The molecule has 2 aliphatic rings. The summed E-state index contributed by atoms with van der Waals surface area (Å²) in [5.74, 6) is 0.0515. The quantitative estimate of drug-likeness (QED) is 0.753. The third-order valence-electron chi connectivity index (χ3n) is 4.80. The molecule has 0 aliphatic heterocycles. The van der Waals surface area contributed by atoms with Gasteiger partial charge >= 0.3 is 0 Å². The summed E-state index contributed by atoms with van der Waals surface area (Å²) in [5.41, 5.74) is 8.27. The zero-order valence-electron chi connectivity index (χ0n) is 12.3. The molecule has 3 atom stereocenters. The first-order valence-corrected chi connectivity index (χ1v) is 7.92. The second-order valence-electron chi connectivity index (χ2n) is 6.15. The number of carbonyl (C=O) groups excluding carboxylic acids is 1. The van der Waals surface area contributed by atoms with Gasteiger partial charge in [0.15, 0.2) is 0 Å². The second kappa shape index (κ2) is 6.15. The highest BCUT2D eigenvalue weighted by atomic mass is 16.3. The lowest BCUT2D eigenvalue weighted by Crippen LogP contribution is -2.41. The molecule has 3 unspecified atom stereocenters. The molecule has 21 heavy (non-hydrogen) atoms. The highest BCUT2D eigenvalue weighted by Crippen LogP contribution is 2.31. The van der Waals surface area contributed by atoms with Gasteiger partial charge in [-0.3, -0.25) is 9.48 Å². The molecule has 1 fully saturated rings. The lowest BCUT2D eigenvalue weighted by molar-refractivity contribution is -0.126. The van der Waals surface area contributed by atoms with E-state index in [1.165, 1.54) is 0 Å². The molecule has 0 bridgehead atoms. The van der Waals surface area contributed by atoms with Gasteiger partial charge in [-0.25, -0.2) is 0 Å². The van der Waals surface area contributed by atoms with Gasteiger partial charge in [0, 0.05) is 17.3 Å². The summed E-state index contributed by atoms with van der Waals surface area (Å²) >= 11 is 0. The second-order valence-corrected chi connectivity index (χ2v) is 6.15. The molecule has 1 aromatic heterocycles. The molecule has 0 saturated heterocycles. The van der Waals surface area contributed by atoms with Crippen LogP contribution in [0.5, 0.6) is 0 Å². The lowest BCUT2D eigenvalue weighted by atomic mass is 9.92. The molecule has 0 aromatic carbocycles. The summed E-state index contributed by atoms with van der Waals surface area (Å²) in [6, 6.07) is 0.0478. The largest absolute Gasteiger partial charge is 0.394 e. The SMILES string of the molecule is NC1CCCC1C(=O)NC1CCCc2c1cnn2CCO. The molecule has 116 valence electrons. The Morgan fingerprint density at radius 3 is 3.00 bits per heavy atom. The first kappa shape index (κ1) is 14.5. The number of carbonyl (C=O) groups is 1. The number of nitrogens with two attached hydrogens (primary N) is 1. The highest BCUT2D eigenvalue weighted by Gasteiger charge is 2.33. The van der Waals surface area contributed by atoms with Crippen LogP contribution < -0.4 is 11.1 Å². The molecular formula is C15H24N4O2. The van der Waals surface area contributed by atoms with Crippen molar-refractivity contribution in [1.29, 1.82) is 0 Å². The third-order valence-corrected chi connectivity index (χ3v) is 4.80. The van der Waals surface area contributed by atoms with E-state index in [-0.39, 0.29) is 30.5 Å². The number of hydrogen-bond donors (Lipinski definition) is 3. The fourth-order valence-corrected chi connectivity index (χ4v) is 3.65. The number of rotatable bonds is 4. The lowest BCUT2D eigenvalue weighted by Gasteiger charge is -2.26. The molecule has 1 aromatic rings. The van der Waals surface area contributed by atoms with Crippen molar-refractivity contribution in [2.75, 3.05) is 6.61 Å². The van der Waals surface area contributed by atoms with E-state index in [0.717, 1.165) is 49.8 Å². The van der Waals surface area contributed by atoms with Crippen LogP contribution in [0.1, 0.15) is 49.4 Å². The average Bonchev–Trinajstić information content (AvgIpc) is 3.07. The van der Waals surface area contributed by atoms with Crippen LogP contribution in [0.25, 0.3) is 0 Å². The molecule has 1 saturated carbocycles. The van der Waals surface area contributed by atoms with E-state index >= 15 is 0 Å². The van der Waals surface area contributed by atoms with Crippen molar-refractivity contribution >= 4 is 5.91 Å². The van der Waals surface area contributed by atoms with Crippen LogP contribution >= 0.6 is 0 Å². The van der Waals surface area contributed by atoms with E-state index in [1.807, 2.05) is 10.9 Å². The van der Waals surface area contributed by atoms with Crippen LogP contribution in [-0.2, 0) is 17.8 Å². The van der Waals surface area contributed by atoms with Crippen LogP contribution in [-0.4, -0.2) is 33.4 Å². The minimum atomic E-state index is -0.0390. The molecule has 0 radical (unpaired) electrons. The molecule has 0 spiro atoms. The van der Waals surface area contributed by atoms with E-state index in [2.05, 4.69) is 10.4 Å². The normalized spacial score (nSPS) is 28.4. The number of aromatic nitrogens is 2. The van der Waals surface area contributed by atoms with E-state index in [9.17, 15) is 4.79 Å². The molecular weight excluding hydrogens is 268 g/mol. The van der Waals surface area contributed by atoms with Crippen molar-refractivity contribution in [2.45, 2.75) is 57.2 Å². The van der Waals surface area contributed by atoms with Gasteiger partial charge in [-0.05, 0) is 32.1 Å². The number of nitrogens with one attached hydrogen (secondary N) is 1. The maximum Gasteiger partial charge on any atom is 0.225 e. The molecule has 1 heterocycles. The molecule has 3 rings (SSSR count). The van der Waals surface area contributed by atoms with Crippen molar-refractivity contribution in [2.24, 2.45) is 11.7 Å². The Kier molecular flexibility index (Phi) is 4.26. The molecule has 2 aliphatic carbocycles. The van der Waals surface area contributed by atoms with Crippen LogP contribution in [0.15, 0.2) is 6.20 Å². The molecule has 6 nitrogen and oxygen atoms in total. The maximum atomic E-state index is 12.4. The summed E-state index contributed by atoms with van der Waals surface area (Å²) < 4.78 is 1.86. The van der Waals surface area contributed by atoms with E-state index in [4.69, 9.17) is 10.8 Å². The van der Waals surface area contributed by atoms with Gasteiger partial charge < -0.3 is 16.2 Å². The van der Waals surface area contributed by atoms with Gasteiger partial charge in [0.2, 0.25) is 5.91 Å². The third kappa shape index (κ3) is 2.82. The van der Waals surface area contributed by atoms with Crippen molar-refractivity contribution in [3.63, 3.8) is 0 Å². The van der Waals surface area contributed by atoms with Crippen molar-refractivity contribution in [3.8, 4) is 0 Å². The smallest absolute Gasteiger partial charge is 0.225 e. The van der Waals surface area contributed by atoms with E-state index in [1.54, 1.807) is 0 Å². The summed E-state index contributed by atoms with van der Waals surface area (Å²) in [4.78, 5) is 12.4. The number of aliphatic hydroxyl groups is 1. The van der Waals surface area contributed by atoms with E-state index < -0.39 is 0 Å². The number of fused-ring (bicyclic) bond motifs is 1. The summed E-state index contributed by atoms with van der Waals surface area (Å²) in [7, 11) is 0. The Labute approximate surface area is 124 Å². The Hall–Kier alpha value is -1.40. The van der Waals surface area contributed by atoms with Gasteiger partial charge in [-0.2, -0.15) is 5.10 Å². The maximum absolute atomic E-state index is 12.4. The van der Waals surface area contributed by atoms with Crippen LogP contribution in [0.2, 0.25) is 0 Å². The Bertz CT molecular complexity index is 514. The Balaban J connectivity index is 1.72. The number of nitrogens with zero attached hydrogens (tertiary/aromatic N) is 2. The average molecular weight is 292 g/mol. The van der Waals surface area contributed by atoms with Crippen LogP contribution in [0, 0.1) is 5.92 Å². The topological polar surface area (TPSA) is 93.2 Å². The fourth-order valence-electron chi connectivity index (χ4n) is 3.65. The zero-order valence-corrected chi connectivity index (χ0v) is 12.3. The zero-order chi connectivity index (χ0) is 14.8. The monoisotopic (exact) mass is 292 g/mol. The molecule has 6 heteroatoms. The van der Waals surface area contributed by atoms with Crippen molar-refractivity contribution in [1.82, 2.24) is 15.1 Å². The van der Waals surface area contributed by atoms with Gasteiger partial charge in [0.1, 0.15) is 0 Å². The van der Waals surface area contributed by atoms with Gasteiger partial charge in [-0.1, -0.05) is 6.42 Å². The fraction of sp³-hybridized carbons (Fsp3) is 0.733. The first-order chi connectivity index (χ1) is 10.2. The number of aliphatic hydroxyl groups excluding tert-OH is 1. The standard InChI is InChI=1S/C15H24N4O2/c16-12-4-1-3-10(12)15(21)18-13-5-2-6-14-11(13)9-17-19(14)7-8-20/h9-10,12-13,20H,1-8,16H2,(H,18,21). The number of amides is 1. The predicted octanol–water partition coefficient (Wildman–Crippen LogP) is 0.496. The van der Waals surface area contributed by atoms with Gasteiger partial charge in [0.05, 0.1) is 31.3 Å². The van der Waals surface area contributed by atoms with Crippen molar-refractivity contribution < 1.29 is 9.90 Å². The predicted molar refractivity (Wildman–Crippen MR) is 78.5 cm³/mol. The van der Waals surface area contributed by atoms with Gasteiger partial charge in [-0.15, -0.1) is 0 Å². The Morgan fingerprint density at radius 2 is 2.29 bits per heavy atom. The summed E-state index contributed by atoms with van der Waals surface area (Å²) in [6.45, 7) is 0.603. The molecule has 4 N–H and O–H groups in total. The number of hydrogen-bond acceptors (Lipinski definition) is 4. The van der Waals surface area contributed by atoms with Crippen LogP contribution in [0.3, 0.4) is 0 Å². The van der Waals surface area contributed by atoms with Crippen LogP contribution in [0.4, 0.5) is 0 Å². The minimum absolute atomic E-state index is 0.00479. The highest BCUT2D eigenvalue weighted by molar-refractivity contribution is 5.80. The first-order valence-electron chi connectivity index (χ1n) is 7.92.